The van der Waals surface area contributed by atoms with Gasteiger partial charge in [-0.3, -0.25) is 14.4 Å². The molecule has 6 nitrogen and oxygen atoms in total. The van der Waals surface area contributed by atoms with Gasteiger partial charge in [0, 0.05) is 25.9 Å². The van der Waals surface area contributed by atoms with Gasteiger partial charge in [0.1, 0.15) is 6.04 Å². The molecule has 2 amide bonds. The summed E-state index contributed by atoms with van der Waals surface area (Å²) < 4.78 is 0. The Kier molecular flexibility index (Phi) is 4.93. The van der Waals surface area contributed by atoms with Crippen LogP contribution >= 0.6 is 0 Å². The predicted octanol–water partition coefficient (Wildman–Crippen LogP) is -0.0217. The maximum atomic E-state index is 11.8. The topological polar surface area (TPSA) is 86.7 Å². The molecule has 1 atom stereocenters. The first kappa shape index (κ1) is 13.5. The minimum atomic E-state index is -0.902. The van der Waals surface area contributed by atoms with Crippen molar-refractivity contribution in [3.05, 3.63) is 0 Å². The summed E-state index contributed by atoms with van der Waals surface area (Å²) in [5.41, 5.74) is 0. The van der Waals surface area contributed by atoms with Crippen LogP contribution < -0.4 is 5.32 Å². The molecule has 0 aliphatic carbocycles. The standard InChI is InChI=1S/C11H18N2O4/c1-2-8-11(17)12-6-7-13(8)9(14)4-3-5-10(15)16/h8H,2-7H2,1H3,(H,12,17)(H,15,16). The summed E-state index contributed by atoms with van der Waals surface area (Å²) in [7, 11) is 0. The molecule has 96 valence electrons. The number of rotatable bonds is 5. The Labute approximate surface area is 100.0 Å². The molecule has 0 spiro atoms. The monoisotopic (exact) mass is 242 g/mol. The smallest absolute Gasteiger partial charge is 0.303 e. The summed E-state index contributed by atoms with van der Waals surface area (Å²) in [6.45, 7) is 2.84. The Balaban J connectivity index is 2.48. The summed E-state index contributed by atoms with van der Waals surface area (Å²) in [6.07, 6.45) is 1.08. The van der Waals surface area contributed by atoms with Crippen LogP contribution in [0.4, 0.5) is 0 Å². The number of piperazine rings is 1. The zero-order valence-corrected chi connectivity index (χ0v) is 9.94. The second-order valence-electron chi connectivity index (χ2n) is 4.05. The lowest BCUT2D eigenvalue weighted by Gasteiger charge is -2.34. The molecule has 0 aromatic carbocycles. The number of carboxylic acids is 1. The van der Waals surface area contributed by atoms with E-state index in [-0.39, 0.29) is 24.7 Å². The molecule has 1 rings (SSSR count). The molecule has 0 radical (unpaired) electrons. The Bertz CT molecular complexity index is 317. The second-order valence-corrected chi connectivity index (χ2v) is 4.05. The van der Waals surface area contributed by atoms with Gasteiger partial charge in [0.25, 0.3) is 0 Å². The van der Waals surface area contributed by atoms with Crippen LogP contribution in [-0.4, -0.2) is 46.9 Å². The van der Waals surface area contributed by atoms with Gasteiger partial charge in [0.05, 0.1) is 0 Å². The molecule has 0 aromatic heterocycles. The maximum Gasteiger partial charge on any atom is 0.303 e. The largest absolute Gasteiger partial charge is 0.481 e. The molecule has 0 saturated carbocycles. The molecular formula is C11H18N2O4. The zero-order chi connectivity index (χ0) is 12.8. The third-order valence-corrected chi connectivity index (χ3v) is 2.82. The highest BCUT2D eigenvalue weighted by atomic mass is 16.4. The predicted molar refractivity (Wildman–Crippen MR) is 60.3 cm³/mol. The number of carbonyl (C=O) groups excluding carboxylic acids is 2. The fraction of sp³-hybridized carbons (Fsp3) is 0.727. The molecule has 1 saturated heterocycles. The lowest BCUT2D eigenvalue weighted by molar-refractivity contribution is -0.143. The van der Waals surface area contributed by atoms with E-state index in [4.69, 9.17) is 5.11 Å². The van der Waals surface area contributed by atoms with Crippen molar-refractivity contribution in [1.29, 1.82) is 0 Å². The molecule has 1 fully saturated rings. The van der Waals surface area contributed by atoms with Gasteiger partial charge in [-0.15, -0.1) is 0 Å². The van der Waals surface area contributed by atoms with Crippen molar-refractivity contribution in [3.8, 4) is 0 Å². The molecule has 1 aliphatic heterocycles. The van der Waals surface area contributed by atoms with Crippen LogP contribution in [-0.2, 0) is 14.4 Å². The summed E-state index contributed by atoms with van der Waals surface area (Å²) in [5, 5.41) is 11.2. The average Bonchev–Trinajstić information content (AvgIpc) is 2.28. The van der Waals surface area contributed by atoms with Gasteiger partial charge >= 0.3 is 5.97 Å². The minimum Gasteiger partial charge on any atom is -0.481 e. The van der Waals surface area contributed by atoms with E-state index in [0.29, 0.717) is 25.9 Å². The quantitative estimate of drug-likeness (QED) is 0.709. The van der Waals surface area contributed by atoms with Gasteiger partial charge in [0.2, 0.25) is 11.8 Å². The van der Waals surface area contributed by atoms with Crippen molar-refractivity contribution in [3.63, 3.8) is 0 Å². The van der Waals surface area contributed by atoms with Crippen molar-refractivity contribution >= 4 is 17.8 Å². The third-order valence-electron chi connectivity index (χ3n) is 2.82. The van der Waals surface area contributed by atoms with E-state index in [1.165, 1.54) is 0 Å². The number of nitrogens with zero attached hydrogens (tertiary/aromatic N) is 1. The molecule has 17 heavy (non-hydrogen) atoms. The fourth-order valence-corrected chi connectivity index (χ4v) is 1.95. The van der Waals surface area contributed by atoms with Crippen LogP contribution in [0.15, 0.2) is 0 Å². The number of nitrogens with one attached hydrogen (secondary N) is 1. The second kappa shape index (κ2) is 6.22. The van der Waals surface area contributed by atoms with Gasteiger partial charge in [-0.2, -0.15) is 0 Å². The van der Waals surface area contributed by atoms with Crippen LogP contribution in [0.25, 0.3) is 0 Å². The summed E-state index contributed by atoms with van der Waals surface area (Å²) in [6, 6.07) is -0.402. The maximum absolute atomic E-state index is 11.8. The van der Waals surface area contributed by atoms with E-state index >= 15 is 0 Å². The molecule has 1 aliphatic rings. The SMILES string of the molecule is CCC1C(=O)NCCN1C(=O)CCCC(=O)O. The Morgan fingerprint density at radius 1 is 1.47 bits per heavy atom. The lowest BCUT2D eigenvalue weighted by atomic mass is 10.1. The van der Waals surface area contributed by atoms with Crippen molar-refractivity contribution in [2.75, 3.05) is 13.1 Å². The van der Waals surface area contributed by atoms with Gasteiger partial charge in [-0.1, -0.05) is 6.92 Å². The van der Waals surface area contributed by atoms with Crippen LogP contribution in [0.2, 0.25) is 0 Å². The Hall–Kier alpha value is -1.59. The van der Waals surface area contributed by atoms with E-state index in [9.17, 15) is 14.4 Å². The molecular weight excluding hydrogens is 224 g/mol. The minimum absolute atomic E-state index is 0.0113. The Morgan fingerprint density at radius 3 is 2.76 bits per heavy atom. The summed E-state index contributed by atoms with van der Waals surface area (Å²) >= 11 is 0. The lowest BCUT2D eigenvalue weighted by Crippen LogP contribution is -2.56. The highest BCUT2D eigenvalue weighted by Gasteiger charge is 2.30. The molecule has 6 heteroatoms. The van der Waals surface area contributed by atoms with Crippen molar-refractivity contribution in [1.82, 2.24) is 10.2 Å². The summed E-state index contributed by atoms with van der Waals surface area (Å²) in [5.74, 6) is -1.15. The van der Waals surface area contributed by atoms with E-state index in [1.54, 1.807) is 4.90 Å². The summed E-state index contributed by atoms with van der Waals surface area (Å²) in [4.78, 5) is 35.3. The number of aliphatic carboxylic acids is 1. The molecule has 1 unspecified atom stereocenters. The number of carboxylic acid groups (broad SMARTS) is 1. The van der Waals surface area contributed by atoms with E-state index < -0.39 is 12.0 Å². The molecule has 2 N–H and O–H groups in total. The number of hydrogen-bond acceptors (Lipinski definition) is 3. The van der Waals surface area contributed by atoms with Gasteiger partial charge in [0.15, 0.2) is 0 Å². The normalized spacial score (nSPS) is 19.9. The first-order valence-corrected chi connectivity index (χ1v) is 5.85. The van der Waals surface area contributed by atoms with E-state index in [1.807, 2.05) is 6.92 Å². The highest BCUT2D eigenvalue weighted by Crippen LogP contribution is 2.11. The van der Waals surface area contributed by atoms with Crippen LogP contribution in [0.3, 0.4) is 0 Å². The molecule has 1 heterocycles. The van der Waals surface area contributed by atoms with Crippen molar-refractivity contribution < 1.29 is 19.5 Å². The van der Waals surface area contributed by atoms with Gasteiger partial charge < -0.3 is 15.3 Å². The van der Waals surface area contributed by atoms with Crippen LogP contribution in [0.5, 0.6) is 0 Å². The number of hydrogen-bond donors (Lipinski definition) is 2. The van der Waals surface area contributed by atoms with Crippen molar-refractivity contribution in [2.24, 2.45) is 0 Å². The number of amides is 2. The van der Waals surface area contributed by atoms with Crippen LogP contribution in [0.1, 0.15) is 32.6 Å². The number of carbonyl (C=O) groups is 3. The van der Waals surface area contributed by atoms with Gasteiger partial charge in [-0.05, 0) is 12.8 Å². The van der Waals surface area contributed by atoms with Crippen molar-refractivity contribution in [2.45, 2.75) is 38.6 Å². The third kappa shape index (κ3) is 3.72. The Morgan fingerprint density at radius 2 is 2.18 bits per heavy atom. The zero-order valence-electron chi connectivity index (χ0n) is 9.94. The first-order valence-electron chi connectivity index (χ1n) is 5.85. The highest BCUT2D eigenvalue weighted by molar-refractivity contribution is 5.88. The first-order chi connectivity index (χ1) is 8.06. The fourth-order valence-electron chi connectivity index (χ4n) is 1.95. The molecule has 0 bridgehead atoms. The van der Waals surface area contributed by atoms with E-state index in [0.717, 1.165) is 0 Å². The van der Waals surface area contributed by atoms with Crippen LogP contribution in [0, 0.1) is 0 Å². The van der Waals surface area contributed by atoms with Gasteiger partial charge in [-0.25, -0.2) is 0 Å². The average molecular weight is 242 g/mol. The molecule has 0 aromatic rings. The van der Waals surface area contributed by atoms with E-state index in [2.05, 4.69) is 5.32 Å².